The molecule has 0 unspecified atom stereocenters. The maximum absolute atomic E-state index is 13.1. The predicted octanol–water partition coefficient (Wildman–Crippen LogP) is 3.84. The average Bonchev–Trinajstić information content (AvgIpc) is 3.44. The number of nitrogens with zero attached hydrogens (tertiary/aromatic N) is 1. The number of benzene rings is 2. The highest BCUT2D eigenvalue weighted by atomic mass is 35.5. The number of allylic oxidation sites excluding steroid dienone is 2. The summed E-state index contributed by atoms with van der Waals surface area (Å²) < 4.78 is 5.12. The second-order valence-electron chi connectivity index (χ2n) is 8.66. The zero-order valence-corrected chi connectivity index (χ0v) is 18.5. The summed E-state index contributed by atoms with van der Waals surface area (Å²) in [7, 11) is 0. The molecule has 2 aromatic carbocycles. The van der Waals surface area contributed by atoms with E-state index in [-0.39, 0.29) is 41.0 Å². The number of carbonyl (C=O) groups excluding carboxylic acids is 4. The first-order chi connectivity index (χ1) is 15.8. The largest absolute Gasteiger partial charge is 0.452 e. The van der Waals surface area contributed by atoms with Gasteiger partial charge in [0.05, 0.1) is 23.1 Å². The van der Waals surface area contributed by atoms with Crippen molar-refractivity contribution in [3.8, 4) is 0 Å². The third-order valence-corrected chi connectivity index (χ3v) is 6.94. The number of esters is 1. The summed E-state index contributed by atoms with van der Waals surface area (Å²) in [6.45, 7) is 1.53. The van der Waals surface area contributed by atoms with Crippen molar-refractivity contribution in [2.24, 2.45) is 23.7 Å². The quantitative estimate of drug-likeness (QED) is 0.412. The third-order valence-electron chi connectivity index (χ3n) is 6.68. The molecule has 2 aromatic rings. The van der Waals surface area contributed by atoms with Crippen LogP contribution in [0.2, 0.25) is 5.02 Å². The molecule has 2 aliphatic carbocycles. The van der Waals surface area contributed by atoms with Crippen LogP contribution in [-0.4, -0.2) is 30.3 Å². The summed E-state index contributed by atoms with van der Waals surface area (Å²) >= 11 is 5.82. The van der Waals surface area contributed by atoms with Gasteiger partial charge in [0.15, 0.2) is 6.61 Å². The topological polar surface area (TPSA) is 92.8 Å². The fourth-order valence-electron chi connectivity index (χ4n) is 5.25. The van der Waals surface area contributed by atoms with Gasteiger partial charge < -0.3 is 10.1 Å². The molecule has 0 radical (unpaired) electrons. The van der Waals surface area contributed by atoms with Gasteiger partial charge in [0.25, 0.3) is 5.91 Å². The molecule has 2 bridgehead atoms. The molecule has 1 aliphatic heterocycles. The van der Waals surface area contributed by atoms with E-state index in [4.69, 9.17) is 16.3 Å². The smallest absolute Gasteiger partial charge is 0.338 e. The molecule has 5 rings (SSSR count). The van der Waals surface area contributed by atoms with Crippen molar-refractivity contribution in [1.82, 2.24) is 0 Å². The summed E-state index contributed by atoms with van der Waals surface area (Å²) in [5.41, 5.74) is 2.20. The molecule has 33 heavy (non-hydrogen) atoms. The lowest BCUT2D eigenvalue weighted by molar-refractivity contribution is -0.123. The Hall–Kier alpha value is -3.45. The summed E-state index contributed by atoms with van der Waals surface area (Å²) in [4.78, 5) is 52.0. The Labute approximate surface area is 195 Å². The summed E-state index contributed by atoms with van der Waals surface area (Å²) in [6, 6.07) is 12.7. The van der Waals surface area contributed by atoms with Crippen LogP contribution in [0.5, 0.6) is 0 Å². The van der Waals surface area contributed by atoms with Crippen molar-refractivity contribution in [2.75, 3.05) is 16.8 Å². The molecular weight excluding hydrogens is 444 g/mol. The van der Waals surface area contributed by atoms with E-state index in [0.29, 0.717) is 16.4 Å². The molecule has 3 amide bonds. The van der Waals surface area contributed by atoms with Crippen LogP contribution in [0.1, 0.15) is 23.7 Å². The monoisotopic (exact) mass is 464 g/mol. The first-order valence-corrected chi connectivity index (χ1v) is 11.1. The molecule has 8 heteroatoms. The molecule has 0 aromatic heterocycles. The second kappa shape index (κ2) is 8.15. The van der Waals surface area contributed by atoms with Crippen LogP contribution in [0.4, 0.5) is 11.4 Å². The van der Waals surface area contributed by atoms with Gasteiger partial charge in [0.2, 0.25) is 11.8 Å². The molecule has 1 saturated heterocycles. The Bertz CT molecular complexity index is 1210. The van der Waals surface area contributed by atoms with Crippen LogP contribution in [0.15, 0.2) is 60.2 Å². The van der Waals surface area contributed by atoms with E-state index in [9.17, 15) is 19.2 Å². The molecule has 168 valence electrons. The van der Waals surface area contributed by atoms with Crippen molar-refractivity contribution in [3.63, 3.8) is 0 Å². The first-order valence-electron chi connectivity index (χ1n) is 10.7. The maximum Gasteiger partial charge on any atom is 0.338 e. The van der Waals surface area contributed by atoms with Gasteiger partial charge in [-0.3, -0.25) is 14.4 Å². The Morgan fingerprint density at radius 1 is 1.09 bits per heavy atom. The molecule has 7 nitrogen and oxygen atoms in total. The highest BCUT2D eigenvalue weighted by Crippen LogP contribution is 2.55. The van der Waals surface area contributed by atoms with E-state index in [1.165, 1.54) is 22.6 Å². The lowest BCUT2D eigenvalue weighted by Gasteiger charge is -2.19. The molecule has 1 saturated carbocycles. The zero-order chi connectivity index (χ0) is 23.3. The fourth-order valence-corrected chi connectivity index (χ4v) is 5.37. The third kappa shape index (κ3) is 3.72. The van der Waals surface area contributed by atoms with Crippen LogP contribution in [-0.2, 0) is 19.1 Å². The Morgan fingerprint density at radius 3 is 2.58 bits per heavy atom. The van der Waals surface area contributed by atoms with Crippen LogP contribution >= 0.6 is 11.6 Å². The zero-order valence-electron chi connectivity index (χ0n) is 17.8. The van der Waals surface area contributed by atoms with Crippen LogP contribution in [0.25, 0.3) is 0 Å². The van der Waals surface area contributed by atoms with Crippen molar-refractivity contribution >= 4 is 46.7 Å². The SMILES string of the molecule is CC1=C[C@H]2C[C@H]1[C@H]1C(=O)N(c3cccc(C(=O)OCC(=O)Nc4ccc(Cl)cc4)c3)C(=O)[C@@H]12. The minimum absolute atomic E-state index is 0.105. The number of amides is 3. The Morgan fingerprint density at radius 2 is 1.82 bits per heavy atom. The van der Waals surface area contributed by atoms with Crippen molar-refractivity contribution in [1.29, 1.82) is 0 Å². The van der Waals surface area contributed by atoms with Gasteiger partial charge >= 0.3 is 5.97 Å². The van der Waals surface area contributed by atoms with E-state index in [0.717, 1.165) is 6.42 Å². The number of fused-ring (bicyclic) bond motifs is 5. The molecule has 1 heterocycles. The number of anilines is 2. The maximum atomic E-state index is 13.1. The molecule has 3 aliphatic rings. The molecule has 1 N–H and O–H groups in total. The molecule has 2 fully saturated rings. The number of ether oxygens (including phenoxy) is 1. The van der Waals surface area contributed by atoms with Gasteiger partial charge in [0.1, 0.15) is 0 Å². The molecular formula is C25H21ClN2O5. The van der Waals surface area contributed by atoms with E-state index >= 15 is 0 Å². The number of imide groups is 1. The van der Waals surface area contributed by atoms with E-state index < -0.39 is 18.5 Å². The Kier molecular flexibility index (Phi) is 5.29. The number of hydrogen-bond donors (Lipinski definition) is 1. The normalized spacial score (nSPS) is 25.2. The Balaban J connectivity index is 1.25. The number of nitrogens with one attached hydrogen (secondary N) is 1. The van der Waals surface area contributed by atoms with E-state index in [2.05, 4.69) is 11.4 Å². The fraction of sp³-hybridized carbons (Fsp3) is 0.280. The average molecular weight is 465 g/mol. The van der Waals surface area contributed by atoms with Crippen LogP contribution in [0.3, 0.4) is 0 Å². The lowest BCUT2D eigenvalue weighted by atomic mass is 9.82. The number of hydrogen-bond acceptors (Lipinski definition) is 5. The standard InChI is InChI=1S/C25H21ClN2O5/c1-13-9-15-11-19(13)22-21(15)23(30)28(24(22)31)18-4-2-3-14(10-18)25(32)33-12-20(29)27-17-7-5-16(26)6-8-17/h2-10,15,19,21-22H,11-12H2,1H3,(H,27,29)/t15-,19+,21+,22+/m0/s1. The minimum Gasteiger partial charge on any atom is -0.452 e. The summed E-state index contributed by atoms with van der Waals surface area (Å²) in [5, 5.41) is 3.15. The highest BCUT2D eigenvalue weighted by molar-refractivity contribution is 6.30. The summed E-state index contributed by atoms with van der Waals surface area (Å²) in [6.07, 6.45) is 2.97. The number of carbonyl (C=O) groups is 4. The molecule has 4 atom stereocenters. The van der Waals surface area contributed by atoms with E-state index in [1.807, 2.05) is 6.92 Å². The van der Waals surface area contributed by atoms with Gasteiger partial charge in [0, 0.05) is 10.7 Å². The van der Waals surface area contributed by atoms with Gasteiger partial charge in [-0.1, -0.05) is 29.3 Å². The van der Waals surface area contributed by atoms with Crippen LogP contribution in [0, 0.1) is 23.7 Å². The van der Waals surface area contributed by atoms with Crippen molar-refractivity contribution in [2.45, 2.75) is 13.3 Å². The predicted molar refractivity (Wildman–Crippen MR) is 122 cm³/mol. The van der Waals surface area contributed by atoms with Gasteiger partial charge in [-0.05, 0) is 67.6 Å². The van der Waals surface area contributed by atoms with Crippen molar-refractivity contribution < 1.29 is 23.9 Å². The number of halogens is 1. The summed E-state index contributed by atoms with van der Waals surface area (Å²) in [5.74, 6) is -2.06. The number of rotatable bonds is 5. The minimum atomic E-state index is -0.722. The molecule has 0 spiro atoms. The van der Waals surface area contributed by atoms with Gasteiger partial charge in [-0.2, -0.15) is 0 Å². The lowest BCUT2D eigenvalue weighted by Crippen LogP contribution is -2.33. The van der Waals surface area contributed by atoms with Gasteiger partial charge in [-0.25, -0.2) is 9.69 Å². The van der Waals surface area contributed by atoms with Crippen LogP contribution < -0.4 is 10.2 Å². The van der Waals surface area contributed by atoms with E-state index in [1.54, 1.807) is 36.4 Å². The second-order valence-corrected chi connectivity index (χ2v) is 9.10. The first kappa shape index (κ1) is 21.4. The highest BCUT2D eigenvalue weighted by Gasteiger charge is 2.60. The van der Waals surface area contributed by atoms with Crippen molar-refractivity contribution in [3.05, 3.63) is 70.8 Å². The van der Waals surface area contributed by atoms with Gasteiger partial charge in [-0.15, -0.1) is 0 Å².